The normalized spacial score (nSPS) is 11.9. The van der Waals surface area contributed by atoms with Gasteiger partial charge < -0.3 is 24.6 Å². The monoisotopic (exact) mass is 436 g/mol. The van der Waals surface area contributed by atoms with Crippen LogP contribution in [0.25, 0.3) is 22.0 Å². The van der Waals surface area contributed by atoms with Gasteiger partial charge in [0.25, 0.3) is 11.8 Å². The number of para-hydroxylation sites is 2. The minimum Gasteiger partial charge on any atom is -0.484 e. The minimum atomic E-state index is -1.20. The van der Waals surface area contributed by atoms with Crippen molar-refractivity contribution in [3.8, 4) is 5.75 Å². The Morgan fingerprint density at radius 1 is 1.22 bits per heavy atom. The second-order valence-electron chi connectivity index (χ2n) is 7.09. The Bertz CT molecular complexity index is 1330. The fraction of sp³-hybridized carbons (Fsp3) is 0.182. The number of aryl methyl sites for hydroxylation is 1. The van der Waals surface area contributed by atoms with Crippen LogP contribution in [0, 0.1) is 6.92 Å². The van der Waals surface area contributed by atoms with E-state index >= 15 is 0 Å². The SMILES string of the molecule is Cc1cc(=O)oc2cc(OCC(=O)N[C@@H](CO)C(=O)Nc3nc4ccccc4[nH]3)ccc12. The number of nitrogens with zero attached hydrogens (tertiary/aromatic N) is 1. The summed E-state index contributed by atoms with van der Waals surface area (Å²) in [5.41, 5.74) is 2.03. The third kappa shape index (κ3) is 4.60. The van der Waals surface area contributed by atoms with Crippen molar-refractivity contribution in [1.29, 1.82) is 0 Å². The van der Waals surface area contributed by atoms with Gasteiger partial charge in [-0.15, -0.1) is 0 Å². The number of hydrogen-bond donors (Lipinski definition) is 4. The summed E-state index contributed by atoms with van der Waals surface area (Å²) in [5.74, 6) is -0.737. The molecule has 2 amide bonds. The van der Waals surface area contributed by atoms with Crippen LogP contribution in [0.5, 0.6) is 5.75 Å². The van der Waals surface area contributed by atoms with E-state index in [9.17, 15) is 19.5 Å². The zero-order valence-electron chi connectivity index (χ0n) is 17.0. The number of nitrogens with one attached hydrogen (secondary N) is 3. The van der Waals surface area contributed by atoms with E-state index in [1.54, 1.807) is 31.2 Å². The Labute approximate surface area is 181 Å². The average molecular weight is 436 g/mol. The van der Waals surface area contributed by atoms with Crippen LogP contribution in [0.15, 0.2) is 57.7 Å². The molecular formula is C22H20N4O6. The molecule has 0 aliphatic heterocycles. The summed E-state index contributed by atoms with van der Waals surface area (Å²) in [6.45, 7) is 0.771. The van der Waals surface area contributed by atoms with Gasteiger partial charge in [-0.1, -0.05) is 12.1 Å². The van der Waals surface area contributed by atoms with Crippen molar-refractivity contribution < 1.29 is 23.8 Å². The largest absolute Gasteiger partial charge is 0.484 e. The highest BCUT2D eigenvalue weighted by atomic mass is 16.5. The third-order valence-corrected chi connectivity index (χ3v) is 4.76. The molecule has 0 aliphatic carbocycles. The first-order valence-electron chi connectivity index (χ1n) is 9.76. The Kier molecular flexibility index (Phi) is 5.86. The standard InChI is InChI=1S/C22H20N4O6/c1-12-8-20(29)32-18-9-13(6-7-14(12)18)31-11-19(28)23-17(10-27)21(30)26-22-24-15-4-2-3-5-16(15)25-22/h2-9,17,27H,10-11H2,1H3,(H,23,28)(H2,24,25,26,30)/t17-/m0/s1. The second-order valence-corrected chi connectivity index (χ2v) is 7.09. The zero-order valence-corrected chi connectivity index (χ0v) is 17.0. The summed E-state index contributed by atoms with van der Waals surface area (Å²) >= 11 is 0. The van der Waals surface area contributed by atoms with Crippen LogP contribution in [-0.2, 0) is 9.59 Å². The van der Waals surface area contributed by atoms with E-state index < -0.39 is 36.7 Å². The number of aliphatic hydroxyl groups excluding tert-OH is 1. The van der Waals surface area contributed by atoms with Gasteiger partial charge in [0, 0.05) is 17.5 Å². The van der Waals surface area contributed by atoms with E-state index in [1.165, 1.54) is 12.1 Å². The van der Waals surface area contributed by atoms with Gasteiger partial charge in [0.05, 0.1) is 17.6 Å². The summed E-state index contributed by atoms with van der Waals surface area (Å²) in [6.07, 6.45) is 0. The summed E-state index contributed by atoms with van der Waals surface area (Å²) < 4.78 is 10.6. The van der Waals surface area contributed by atoms with Crippen LogP contribution in [0.2, 0.25) is 0 Å². The quantitative estimate of drug-likeness (QED) is 0.321. The van der Waals surface area contributed by atoms with Crippen molar-refractivity contribution in [3.05, 3.63) is 64.5 Å². The minimum absolute atomic E-state index is 0.202. The molecule has 2 aromatic heterocycles. The number of anilines is 1. The Morgan fingerprint density at radius 3 is 2.81 bits per heavy atom. The van der Waals surface area contributed by atoms with E-state index in [0.29, 0.717) is 16.8 Å². The maximum Gasteiger partial charge on any atom is 0.336 e. The number of H-pyrrole nitrogens is 1. The lowest BCUT2D eigenvalue weighted by molar-refractivity contribution is -0.128. The first-order chi connectivity index (χ1) is 15.4. The smallest absolute Gasteiger partial charge is 0.336 e. The molecule has 4 aromatic rings. The fourth-order valence-electron chi connectivity index (χ4n) is 3.19. The Morgan fingerprint density at radius 2 is 2.03 bits per heavy atom. The van der Waals surface area contributed by atoms with Crippen molar-refractivity contribution in [2.45, 2.75) is 13.0 Å². The number of fused-ring (bicyclic) bond motifs is 2. The fourth-order valence-corrected chi connectivity index (χ4v) is 3.19. The predicted molar refractivity (Wildman–Crippen MR) is 116 cm³/mol. The lowest BCUT2D eigenvalue weighted by atomic mass is 10.1. The topological polar surface area (TPSA) is 147 Å². The highest BCUT2D eigenvalue weighted by Crippen LogP contribution is 2.22. The third-order valence-electron chi connectivity index (χ3n) is 4.76. The number of benzene rings is 2. The number of imidazole rings is 1. The van der Waals surface area contributed by atoms with Crippen LogP contribution in [0.3, 0.4) is 0 Å². The molecule has 10 nitrogen and oxygen atoms in total. The molecule has 1 atom stereocenters. The highest BCUT2D eigenvalue weighted by molar-refractivity contribution is 5.97. The van der Waals surface area contributed by atoms with Crippen molar-refractivity contribution in [2.75, 3.05) is 18.5 Å². The number of aromatic amines is 1. The summed E-state index contributed by atoms with van der Waals surface area (Å²) in [7, 11) is 0. The zero-order chi connectivity index (χ0) is 22.7. The van der Waals surface area contributed by atoms with Gasteiger partial charge in [0.1, 0.15) is 17.4 Å². The maximum atomic E-state index is 12.4. The van der Waals surface area contributed by atoms with Crippen LogP contribution >= 0.6 is 0 Å². The molecule has 0 aliphatic rings. The lowest BCUT2D eigenvalue weighted by Crippen LogP contribution is -2.47. The molecule has 0 spiro atoms. The highest BCUT2D eigenvalue weighted by Gasteiger charge is 2.21. The molecule has 0 radical (unpaired) electrons. The number of rotatable bonds is 7. The molecule has 0 unspecified atom stereocenters. The van der Waals surface area contributed by atoms with Crippen molar-refractivity contribution >= 4 is 39.8 Å². The average Bonchev–Trinajstić information content (AvgIpc) is 3.17. The van der Waals surface area contributed by atoms with Crippen LogP contribution in [0.4, 0.5) is 5.95 Å². The van der Waals surface area contributed by atoms with Gasteiger partial charge in [0.15, 0.2) is 6.61 Å². The molecule has 164 valence electrons. The van der Waals surface area contributed by atoms with Crippen molar-refractivity contribution in [3.63, 3.8) is 0 Å². The van der Waals surface area contributed by atoms with E-state index in [-0.39, 0.29) is 5.95 Å². The summed E-state index contributed by atoms with van der Waals surface area (Å²) in [4.78, 5) is 43.3. The van der Waals surface area contributed by atoms with Crippen LogP contribution in [-0.4, -0.2) is 46.1 Å². The van der Waals surface area contributed by atoms with Gasteiger partial charge >= 0.3 is 5.63 Å². The van der Waals surface area contributed by atoms with E-state index in [1.807, 2.05) is 12.1 Å². The summed E-state index contributed by atoms with van der Waals surface area (Å²) in [5, 5.41) is 15.2. The molecule has 4 N–H and O–H groups in total. The second kappa shape index (κ2) is 8.90. The van der Waals surface area contributed by atoms with Crippen LogP contribution in [0.1, 0.15) is 5.56 Å². The lowest BCUT2D eigenvalue weighted by Gasteiger charge is -2.15. The number of ether oxygens (including phenoxy) is 1. The maximum absolute atomic E-state index is 12.4. The number of hydrogen-bond acceptors (Lipinski definition) is 7. The van der Waals surface area contributed by atoms with Crippen LogP contribution < -0.4 is 21.0 Å². The van der Waals surface area contributed by atoms with E-state index in [0.717, 1.165) is 16.5 Å². The first kappa shape index (κ1) is 21.1. The number of carbonyl (C=O) groups is 2. The molecule has 2 aromatic carbocycles. The number of aliphatic hydroxyl groups is 1. The Balaban J connectivity index is 1.36. The first-order valence-corrected chi connectivity index (χ1v) is 9.76. The van der Waals surface area contributed by atoms with E-state index in [2.05, 4.69) is 20.6 Å². The van der Waals surface area contributed by atoms with Crippen molar-refractivity contribution in [1.82, 2.24) is 15.3 Å². The van der Waals surface area contributed by atoms with Gasteiger partial charge in [-0.05, 0) is 36.8 Å². The molecular weight excluding hydrogens is 416 g/mol. The molecule has 0 saturated heterocycles. The molecule has 0 bridgehead atoms. The molecule has 10 heteroatoms. The van der Waals surface area contributed by atoms with E-state index in [4.69, 9.17) is 9.15 Å². The predicted octanol–water partition coefficient (Wildman–Crippen LogP) is 1.47. The number of aromatic nitrogens is 2. The molecule has 2 heterocycles. The summed E-state index contributed by atoms with van der Waals surface area (Å²) in [6, 6.07) is 12.3. The van der Waals surface area contributed by atoms with Crippen molar-refractivity contribution in [2.24, 2.45) is 0 Å². The van der Waals surface area contributed by atoms with Gasteiger partial charge in [-0.25, -0.2) is 9.78 Å². The number of carbonyl (C=O) groups excluding carboxylic acids is 2. The van der Waals surface area contributed by atoms with Gasteiger partial charge in [-0.2, -0.15) is 0 Å². The Hall–Kier alpha value is -4.18. The van der Waals surface area contributed by atoms with Gasteiger partial charge in [-0.3, -0.25) is 14.9 Å². The molecule has 0 fully saturated rings. The molecule has 4 rings (SSSR count). The molecule has 0 saturated carbocycles. The van der Waals surface area contributed by atoms with Gasteiger partial charge in [0.2, 0.25) is 5.95 Å². The number of amides is 2. The molecule has 32 heavy (non-hydrogen) atoms.